The Kier molecular flexibility index (Phi) is 7.43. The van der Waals surface area contributed by atoms with E-state index < -0.39 is 0 Å². The number of thioether (sulfide) groups is 2. The number of nitrogens with zero attached hydrogens (tertiary/aromatic N) is 2. The predicted molar refractivity (Wildman–Crippen MR) is 100 cm³/mol. The Morgan fingerprint density at radius 1 is 1.26 bits per heavy atom. The lowest BCUT2D eigenvalue weighted by Crippen LogP contribution is -2.44. The van der Waals surface area contributed by atoms with Crippen molar-refractivity contribution in [3.63, 3.8) is 0 Å². The van der Waals surface area contributed by atoms with Crippen LogP contribution in [-0.4, -0.2) is 33.7 Å². The van der Waals surface area contributed by atoms with Gasteiger partial charge in [-0.25, -0.2) is 0 Å². The molecule has 3 atom stereocenters. The van der Waals surface area contributed by atoms with E-state index in [-0.39, 0.29) is 5.91 Å². The van der Waals surface area contributed by atoms with Crippen LogP contribution in [0.25, 0.3) is 0 Å². The summed E-state index contributed by atoms with van der Waals surface area (Å²) in [4.78, 5) is 12.2. The summed E-state index contributed by atoms with van der Waals surface area (Å²) in [5, 5.41) is 11.5. The summed E-state index contributed by atoms with van der Waals surface area (Å²) in [6.45, 7) is 10.4. The summed E-state index contributed by atoms with van der Waals surface area (Å²) in [6.07, 6.45) is 3.59. The highest BCUT2D eigenvalue weighted by atomic mass is 32.2. The van der Waals surface area contributed by atoms with Crippen molar-refractivity contribution < 1.29 is 4.79 Å². The van der Waals surface area contributed by atoms with Crippen molar-refractivity contribution in [3.8, 4) is 0 Å². The molecule has 7 heteroatoms. The van der Waals surface area contributed by atoms with E-state index in [1.54, 1.807) is 23.1 Å². The number of hydrogen-bond acceptors (Lipinski definition) is 6. The maximum Gasteiger partial charge on any atom is 0.230 e. The molecule has 0 radical (unpaired) electrons. The van der Waals surface area contributed by atoms with E-state index in [1.807, 2.05) is 6.92 Å². The molecule has 1 amide bonds. The predicted octanol–water partition coefficient (Wildman–Crippen LogP) is 4.24. The van der Waals surface area contributed by atoms with Crippen molar-refractivity contribution in [2.45, 2.75) is 54.8 Å². The van der Waals surface area contributed by atoms with Gasteiger partial charge in [-0.3, -0.25) is 4.79 Å². The van der Waals surface area contributed by atoms with Gasteiger partial charge in [0.2, 0.25) is 5.91 Å². The van der Waals surface area contributed by atoms with E-state index in [1.165, 1.54) is 24.6 Å². The summed E-state index contributed by atoms with van der Waals surface area (Å²) in [6, 6.07) is 0.322. The van der Waals surface area contributed by atoms with E-state index in [4.69, 9.17) is 0 Å². The van der Waals surface area contributed by atoms with Crippen molar-refractivity contribution >= 4 is 40.8 Å². The lowest BCUT2D eigenvalue weighted by atomic mass is 9.78. The molecular formula is C16H25N3OS3. The number of nitrogens with one attached hydrogen (secondary N) is 1. The van der Waals surface area contributed by atoms with Gasteiger partial charge < -0.3 is 5.32 Å². The molecule has 0 aliphatic heterocycles. The van der Waals surface area contributed by atoms with Crippen molar-refractivity contribution in [2.75, 3.05) is 11.5 Å². The molecule has 4 nitrogen and oxygen atoms in total. The van der Waals surface area contributed by atoms with Crippen molar-refractivity contribution in [1.29, 1.82) is 0 Å². The largest absolute Gasteiger partial charge is 0.352 e. The maximum absolute atomic E-state index is 12.2. The summed E-state index contributed by atoms with van der Waals surface area (Å²) < 4.78 is 1.79. The molecule has 1 heterocycles. The smallest absolute Gasteiger partial charge is 0.230 e. The van der Waals surface area contributed by atoms with E-state index >= 15 is 0 Å². The van der Waals surface area contributed by atoms with Crippen LogP contribution in [0.3, 0.4) is 0 Å². The second kappa shape index (κ2) is 9.08. The van der Waals surface area contributed by atoms with E-state index in [0.717, 1.165) is 26.4 Å². The van der Waals surface area contributed by atoms with Crippen LogP contribution in [0.2, 0.25) is 0 Å². The van der Waals surface area contributed by atoms with Gasteiger partial charge in [-0.1, -0.05) is 73.7 Å². The Hall–Kier alpha value is -0.530. The Morgan fingerprint density at radius 3 is 2.57 bits per heavy atom. The van der Waals surface area contributed by atoms with Gasteiger partial charge in [0.1, 0.15) is 0 Å². The molecule has 0 saturated heterocycles. The molecular weight excluding hydrogens is 346 g/mol. The van der Waals surface area contributed by atoms with Crippen molar-refractivity contribution in [3.05, 3.63) is 12.2 Å². The first-order valence-corrected chi connectivity index (χ1v) is 10.8. The quantitative estimate of drug-likeness (QED) is 0.574. The molecule has 0 spiro atoms. The third kappa shape index (κ3) is 6.12. The van der Waals surface area contributed by atoms with Crippen LogP contribution in [0.1, 0.15) is 40.0 Å². The number of carbonyl (C=O) groups excluding carboxylic acids is 1. The minimum atomic E-state index is 0.104. The fourth-order valence-electron chi connectivity index (χ4n) is 2.66. The first-order valence-electron chi connectivity index (χ1n) is 7.98. The first kappa shape index (κ1) is 18.8. The molecule has 1 aliphatic rings. The summed E-state index contributed by atoms with van der Waals surface area (Å²) in [7, 11) is 0. The zero-order valence-electron chi connectivity index (χ0n) is 14.0. The SMILES string of the molecule is C=C(C)CSc1nnc(SCC(=O)N[C@@H]2CCC[C@@H](C)[C@H]2C)s1. The summed E-state index contributed by atoms with van der Waals surface area (Å²) in [5.74, 6) is 2.63. The Bertz CT molecular complexity index is 546. The second-order valence-electron chi connectivity index (χ2n) is 6.31. The maximum atomic E-state index is 12.2. The molecule has 1 saturated carbocycles. The second-order valence-corrected chi connectivity index (χ2v) is 9.73. The minimum Gasteiger partial charge on any atom is -0.352 e. The van der Waals surface area contributed by atoms with Crippen molar-refractivity contribution in [1.82, 2.24) is 15.5 Å². The van der Waals surface area contributed by atoms with Crippen LogP contribution in [0.15, 0.2) is 20.8 Å². The molecule has 1 aliphatic carbocycles. The van der Waals surface area contributed by atoms with E-state index in [2.05, 4.69) is 35.9 Å². The fourth-order valence-corrected chi connectivity index (χ4v) is 5.33. The highest BCUT2D eigenvalue weighted by Crippen LogP contribution is 2.31. The molecule has 128 valence electrons. The summed E-state index contributed by atoms with van der Waals surface area (Å²) in [5.41, 5.74) is 1.12. The number of carbonyl (C=O) groups is 1. The van der Waals surface area contributed by atoms with Crippen LogP contribution in [0.4, 0.5) is 0 Å². The van der Waals surface area contributed by atoms with Gasteiger partial charge in [-0.2, -0.15) is 0 Å². The van der Waals surface area contributed by atoms with Crippen LogP contribution in [-0.2, 0) is 4.79 Å². The lowest BCUT2D eigenvalue weighted by molar-refractivity contribution is -0.119. The van der Waals surface area contributed by atoms with Crippen LogP contribution in [0.5, 0.6) is 0 Å². The normalized spacial score (nSPS) is 24.4. The Morgan fingerprint density at radius 2 is 1.91 bits per heavy atom. The Balaban J connectivity index is 1.75. The van der Waals surface area contributed by atoms with Gasteiger partial charge in [-0.05, 0) is 25.2 Å². The molecule has 0 unspecified atom stereocenters. The third-order valence-electron chi connectivity index (χ3n) is 4.21. The average Bonchev–Trinajstić information content (AvgIpc) is 2.96. The summed E-state index contributed by atoms with van der Waals surface area (Å²) >= 11 is 4.66. The molecule has 0 aromatic carbocycles. The standard InChI is InChI=1S/C16H25N3OS3/c1-10(2)8-21-15-18-19-16(23-15)22-9-14(20)17-13-7-5-6-11(3)12(13)4/h11-13H,1,5-9H2,2-4H3,(H,17,20)/t11-,12-,13-/m1/s1. The molecule has 1 N–H and O–H groups in total. The highest BCUT2D eigenvalue weighted by molar-refractivity contribution is 8.03. The van der Waals surface area contributed by atoms with Gasteiger partial charge >= 0.3 is 0 Å². The molecule has 1 aromatic rings. The molecule has 1 fully saturated rings. The van der Waals surface area contributed by atoms with Gasteiger partial charge in [0.25, 0.3) is 0 Å². The number of rotatable bonds is 7. The highest BCUT2D eigenvalue weighted by Gasteiger charge is 2.28. The van der Waals surface area contributed by atoms with Crippen LogP contribution in [0, 0.1) is 11.8 Å². The van der Waals surface area contributed by atoms with Gasteiger partial charge in [0, 0.05) is 11.8 Å². The number of hydrogen-bond donors (Lipinski definition) is 1. The zero-order chi connectivity index (χ0) is 16.8. The van der Waals surface area contributed by atoms with E-state index in [9.17, 15) is 4.79 Å². The molecule has 1 aromatic heterocycles. The van der Waals surface area contributed by atoms with Crippen LogP contribution < -0.4 is 5.32 Å². The van der Waals surface area contributed by atoms with Crippen LogP contribution >= 0.6 is 34.9 Å². The van der Waals surface area contributed by atoms with Crippen molar-refractivity contribution in [2.24, 2.45) is 11.8 Å². The van der Waals surface area contributed by atoms with E-state index in [0.29, 0.717) is 23.6 Å². The Labute approximate surface area is 151 Å². The van der Waals surface area contributed by atoms with Gasteiger partial charge in [0.15, 0.2) is 8.68 Å². The number of amides is 1. The molecule has 0 bridgehead atoms. The van der Waals surface area contributed by atoms with Gasteiger partial charge in [-0.15, -0.1) is 10.2 Å². The first-order chi connectivity index (χ1) is 11.0. The van der Waals surface area contributed by atoms with Gasteiger partial charge in [0.05, 0.1) is 5.75 Å². The average molecular weight is 372 g/mol. The lowest BCUT2D eigenvalue weighted by Gasteiger charge is -2.34. The third-order valence-corrected chi connectivity index (χ3v) is 7.63. The number of aromatic nitrogens is 2. The zero-order valence-corrected chi connectivity index (χ0v) is 16.5. The fraction of sp³-hybridized carbons (Fsp3) is 0.688. The topological polar surface area (TPSA) is 54.9 Å². The molecule has 23 heavy (non-hydrogen) atoms. The minimum absolute atomic E-state index is 0.104. The molecule has 2 rings (SSSR count). The monoisotopic (exact) mass is 371 g/mol.